The third kappa shape index (κ3) is 4.31. The van der Waals surface area contributed by atoms with Crippen molar-refractivity contribution in [3.63, 3.8) is 0 Å². The van der Waals surface area contributed by atoms with E-state index in [1.807, 2.05) is 0 Å². The van der Waals surface area contributed by atoms with Gasteiger partial charge in [-0.3, -0.25) is 0 Å². The summed E-state index contributed by atoms with van der Waals surface area (Å²) in [6.07, 6.45) is -5.87. The van der Waals surface area contributed by atoms with Gasteiger partial charge < -0.3 is 50.6 Å². The molecular weight excluding hydrogens is 437 g/mol. The van der Waals surface area contributed by atoms with Crippen LogP contribution in [0.3, 0.4) is 0 Å². The Morgan fingerprint density at radius 3 is 2.30 bits per heavy atom. The van der Waals surface area contributed by atoms with E-state index in [9.17, 15) is 24.8 Å². The molecule has 0 aromatic heterocycles. The number of benzene rings is 1. The molecule has 3 aliphatic rings. The van der Waals surface area contributed by atoms with Crippen LogP contribution in [0.1, 0.15) is 18.9 Å². The van der Waals surface area contributed by atoms with Crippen LogP contribution in [-0.4, -0.2) is 101 Å². The number of fused-ring (bicyclic) bond motifs is 2. The quantitative estimate of drug-likeness (QED) is 0.253. The lowest BCUT2D eigenvalue weighted by molar-refractivity contribution is -0.482. The second kappa shape index (κ2) is 9.42. The smallest absolute Gasteiger partial charge is 0.249 e. The number of hydrogen-bond acceptors (Lipinski definition) is 10. The Labute approximate surface area is 192 Å². The van der Waals surface area contributed by atoms with E-state index in [0.717, 1.165) is 5.56 Å². The summed E-state index contributed by atoms with van der Waals surface area (Å²) in [5, 5.41) is 53.7. The van der Waals surface area contributed by atoms with Crippen LogP contribution in [0.4, 0.5) is 4.39 Å². The predicted octanol–water partition coefficient (Wildman–Crippen LogP) is -1.83. The van der Waals surface area contributed by atoms with Gasteiger partial charge >= 0.3 is 0 Å². The maximum atomic E-state index is 13.2. The Morgan fingerprint density at radius 2 is 1.67 bits per heavy atom. The molecule has 2 saturated heterocycles. The molecule has 10 nitrogen and oxygen atoms in total. The van der Waals surface area contributed by atoms with Crippen LogP contribution in [0, 0.1) is 5.82 Å². The van der Waals surface area contributed by atoms with Gasteiger partial charge in [-0.15, -0.1) is 0 Å². The number of nitrogens with one attached hydrogen (secondary N) is 3. The van der Waals surface area contributed by atoms with Gasteiger partial charge in [-0.2, -0.15) is 0 Å². The average Bonchev–Trinajstić information content (AvgIpc) is 2.76. The van der Waals surface area contributed by atoms with E-state index in [-0.39, 0.29) is 18.8 Å². The van der Waals surface area contributed by atoms with Gasteiger partial charge in [0.15, 0.2) is 0 Å². The van der Waals surface area contributed by atoms with Gasteiger partial charge in [0, 0.05) is 19.5 Å². The van der Waals surface area contributed by atoms with Crippen molar-refractivity contribution in [2.75, 3.05) is 20.6 Å². The maximum Gasteiger partial charge on any atom is 0.249 e. The van der Waals surface area contributed by atoms with Crippen molar-refractivity contribution < 1.29 is 39.0 Å². The molecule has 2 heterocycles. The minimum absolute atomic E-state index is 0.0473. The highest BCUT2D eigenvalue weighted by Crippen LogP contribution is 2.46. The molecule has 1 aliphatic carbocycles. The van der Waals surface area contributed by atoms with Gasteiger partial charge in [0.05, 0.1) is 24.3 Å². The second-order valence-electron chi connectivity index (χ2n) is 9.23. The molecule has 1 aromatic carbocycles. The molecular formula is C22H34FN3O7. The molecule has 186 valence electrons. The number of aliphatic hydroxyl groups excluding tert-OH is 2. The SMILES string of the molecule is CN[C@@H]1[C@H](O)[C@H](NC)[C@H]2O[C@]3(O)[C@H](O[C@@H]2[C@H]1O)O[C@H](C)C[C@@]3(O)CNCc1ccc(F)cc1. The summed E-state index contributed by atoms with van der Waals surface area (Å²) in [4.78, 5) is 0. The topological polar surface area (TPSA) is 145 Å². The largest absolute Gasteiger partial charge is 0.390 e. The Morgan fingerprint density at radius 1 is 1.00 bits per heavy atom. The first-order valence-corrected chi connectivity index (χ1v) is 11.2. The zero-order valence-corrected chi connectivity index (χ0v) is 18.9. The highest BCUT2D eigenvalue weighted by Gasteiger charge is 2.68. The molecule has 11 heteroatoms. The first-order chi connectivity index (χ1) is 15.6. The van der Waals surface area contributed by atoms with Crippen molar-refractivity contribution in [2.24, 2.45) is 0 Å². The van der Waals surface area contributed by atoms with E-state index < -0.39 is 60.3 Å². The van der Waals surface area contributed by atoms with Crippen LogP contribution in [0.25, 0.3) is 0 Å². The summed E-state index contributed by atoms with van der Waals surface area (Å²) in [6.45, 7) is 2.00. The van der Waals surface area contributed by atoms with Crippen LogP contribution in [0.2, 0.25) is 0 Å². The Kier molecular flexibility index (Phi) is 7.10. The van der Waals surface area contributed by atoms with Crippen LogP contribution >= 0.6 is 0 Å². The van der Waals surface area contributed by atoms with Crippen molar-refractivity contribution in [3.05, 3.63) is 35.6 Å². The van der Waals surface area contributed by atoms with Gasteiger partial charge in [-0.1, -0.05) is 12.1 Å². The molecule has 0 radical (unpaired) electrons. The lowest BCUT2D eigenvalue weighted by Gasteiger charge is -2.60. The van der Waals surface area contributed by atoms with Crippen molar-refractivity contribution in [3.8, 4) is 0 Å². The standard InChI is InChI=1S/C22H34FN3O7/c1-11-8-21(29,10-26-9-12-4-6-13(23)7-5-12)22(30)20(31-11)32-19-17(28)14(24-2)16(27)15(25-3)18(19)33-22/h4-7,11,14-20,24-30H,8-10H2,1-3H3/t11-,14-,15+,16+,17+,18-,19-,20+,21-,22-/m1/s1. The van der Waals surface area contributed by atoms with Gasteiger partial charge in [-0.05, 0) is 38.7 Å². The van der Waals surface area contributed by atoms with Gasteiger partial charge in [0.2, 0.25) is 12.1 Å². The van der Waals surface area contributed by atoms with Crippen molar-refractivity contribution in [1.82, 2.24) is 16.0 Å². The third-order valence-corrected chi connectivity index (χ3v) is 7.01. The molecule has 0 spiro atoms. The fraction of sp³-hybridized carbons (Fsp3) is 0.727. The van der Waals surface area contributed by atoms with Crippen LogP contribution < -0.4 is 16.0 Å². The van der Waals surface area contributed by atoms with E-state index in [2.05, 4.69) is 16.0 Å². The molecule has 1 saturated carbocycles. The number of halogens is 1. The summed E-state index contributed by atoms with van der Waals surface area (Å²) in [5.41, 5.74) is -1.01. The van der Waals surface area contributed by atoms with Crippen LogP contribution in [0.15, 0.2) is 24.3 Å². The second-order valence-corrected chi connectivity index (χ2v) is 9.23. The lowest BCUT2D eigenvalue weighted by Crippen LogP contribution is -2.81. The Bertz CT molecular complexity index is 820. The normalized spacial score (nSPS) is 45.3. The first-order valence-electron chi connectivity index (χ1n) is 11.2. The van der Waals surface area contributed by atoms with Crippen LogP contribution in [0.5, 0.6) is 0 Å². The van der Waals surface area contributed by atoms with Crippen molar-refractivity contribution in [1.29, 1.82) is 0 Å². The third-order valence-electron chi connectivity index (χ3n) is 7.01. The summed E-state index contributed by atoms with van der Waals surface area (Å²) in [6, 6.07) is 4.55. The predicted molar refractivity (Wildman–Crippen MR) is 114 cm³/mol. The molecule has 2 aliphatic heterocycles. The van der Waals surface area contributed by atoms with E-state index in [0.29, 0.717) is 6.54 Å². The molecule has 3 fully saturated rings. The molecule has 10 atom stereocenters. The van der Waals surface area contributed by atoms with Crippen molar-refractivity contribution >= 4 is 0 Å². The van der Waals surface area contributed by atoms with E-state index in [1.165, 1.54) is 12.1 Å². The maximum absolute atomic E-state index is 13.2. The zero-order chi connectivity index (χ0) is 24.0. The fourth-order valence-electron chi connectivity index (χ4n) is 5.24. The molecule has 1 aromatic rings. The van der Waals surface area contributed by atoms with E-state index in [1.54, 1.807) is 33.2 Å². The van der Waals surface area contributed by atoms with Gasteiger partial charge in [0.1, 0.15) is 29.7 Å². The zero-order valence-electron chi connectivity index (χ0n) is 18.9. The highest BCUT2D eigenvalue weighted by molar-refractivity contribution is 5.16. The van der Waals surface area contributed by atoms with E-state index in [4.69, 9.17) is 14.2 Å². The summed E-state index contributed by atoms with van der Waals surface area (Å²) < 4.78 is 31.0. The number of hydrogen-bond donors (Lipinski definition) is 7. The number of rotatable bonds is 6. The lowest BCUT2D eigenvalue weighted by atomic mass is 9.77. The fourth-order valence-corrected chi connectivity index (χ4v) is 5.24. The molecule has 0 unspecified atom stereocenters. The van der Waals surface area contributed by atoms with Crippen LogP contribution in [-0.2, 0) is 20.8 Å². The minimum atomic E-state index is -2.27. The van der Waals surface area contributed by atoms with Gasteiger partial charge in [-0.25, -0.2) is 4.39 Å². The number of ether oxygens (including phenoxy) is 3. The average molecular weight is 472 g/mol. The molecule has 0 amide bonds. The summed E-state index contributed by atoms with van der Waals surface area (Å²) >= 11 is 0. The Balaban J connectivity index is 1.56. The first kappa shape index (κ1) is 24.9. The van der Waals surface area contributed by atoms with Gasteiger partial charge in [0.25, 0.3) is 0 Å². The highest BCUT2D eigenvalue weighted by atomic mass is 19.1. The van der Waals surface area contributed by atoms with E-state index >= 15 is 0 Å². The summed E-state index contributed by atoms with van der Waals surface area (Å²) in [5.74, 6) is -2.61. The molecule has 7 N–H and O–H groups in total. The molecule has 33 heavy (non-hydrogen) atoms. The molecule has 4 rings (SSSR count). The number of likely N-dealkylation sites (N-methyl/N-ethyl adjacent to an activating group) is 2. The summed E-state index contributed by atoms with van der Waals surface area (Å²) in [7, 11) is 3.25. The molecule has 0 bridgehead atoms. The minimum Gasteiger partial charge on any atom is -0.390 e. The monoisotopic (exact) mass is 471 g/mol. The number of aliphatic hydroxyl groups is 4. The van der Waals surface area contributed by atoms with Crippen molar-refractivity contribution in [2.45, 2.75) is 80.2 Å². The Hall–Kier alpha value is -1.25.